The van der Waals surface area contributed by atoms with Crippen molar-refractivity contribution in [2.24, 2.45) is 0 Å². The summed E-state index contributed by atoms with van der Waals surface area (Å²) in [5.41, 5.74) is 1.96. The molecule has 122 valence electrons. The lowest BCUT2D eigenvalue weighted by Crippen LogP contribution is -2.46. The SMILES string of the molecule is CC[C@@H](C)N1CCC[C@]2(CCC(=O)N2Cc2cncs2)CC1. The molecule has 0 saturated carbocycles. The van der Waals surface area contributed by atoms with Gasteiger partial charge in [0.25, 0.3) is 0 Å². The lowest BCUT2D eigenvalue weighted by molar-refractivity contribution is -0.132. The molecular formula is C17H27N3OS. The van der Waals surface area contributed by atoms with Gasteiger partial charge in [-0.25, -0.2) is 0 Å². The second kappa shape index (κ2) is 6.67. The highest BCUT2D eigenvalue weighted by Gasteiger charge is 2.45. The maximum atomic E-state index is 12.5. The molecule has 2 fully saturated rings. The van der Waals surface area contributed by atoms with Crippen molar-refractivity contribution >= 4 is 17.2 Å². The Bertz CT molecular complexity index is 504. The molecule has 1 amide bonds. The van der Waals surface area contributed by atoms with Crippen LogP contribution in [0.2, 0.25) is 0 Å². The highest BCUT2D eigenvalue weighted by atomic mass is 32.1. The molecule has 2 aliphatic heterocycles. The average Bonchev–Trinajstić information content (AvgIpc) is 3.07. The number of aromatic nitrogens is 1. The second-order valence-electron chi connectivity index (χ2n) is 6.82. The van der Waals surface area contributed by atoms with Crippen molar-refractivity contribution in [3.8, 4) is 0 Å². The molecule has 3 rings (SSSR count). The molecule has 2 saturated heterocycles. The van der Waals surface area contributed by atoms with Crippen molar-refractivity contribution in [2.45, 2.75) is 70.5 Å². The largest absolute Gasteiger partial charge is 0.332 e. The van der Waals surface area contributed by atoms with Crippen LogP contribution in [-0.4, -0.2) is 45.4 Å². The van der Waals surface area contributed by atoms with Gasteiger partial charge in [0.15, 0.2) is 0 Å². The number of rotatable bonds is 4. The number of amides is 1. The molecular weight excluding hydrogens is 294 g/mol. The fourth-order valence-corrected chi connectivity index (χ4v) is 4.61. The minimum atomic E-state index is 0.100. The van der Waals surface area contributed by atoms with Crippen LogP contribution in [0.15, 0.2) is 11.7 Å². The molecule has 5 heteroatoms. The Morgan fingerprint density at radius 3 is 2.95 bits per heavy atom. The third kappa shape index (κ3) is 3.06. The zero-order valence-corrected chi connectivity index (χ0v) is 14.6. The summed E-state index contributed by atoms with van der Waals surface area (Å²) < 4.78 is 0. The molecule has 0 unspecified atom stereocenters. The van der Waals surface area contributed by atoms with Crippen molar-refractivity contribution < 1.29 is 4.79 Å². The molecule has 2 aliphatic rings. The van der Waals surface area contributed by atoms with Gasteiger partial charge in [-0.3, -0.25) is 9.78 Å². The molecule has 0 N–H and O–H groups in total. The third-order valence-electron chi connectivity index (χ3n) is 5.64. The normalized spacial score (nSPS) is 28.3. The van der Waals surface area contributed by atoms with Crippen molar-refractivity contribution in [1.82, 2.24) is 14.8 Å². The minimum Gasteiger partial charge on any atom is -0.332 e. The lowest BCUT2D eigenvalue weighted by Gasteiger charge is -2.38. The van der Waals surface area contributed by atoms with E-state index in [-0.39, 0.29) is 5.54 Å². The first kappa shape index (κ1) is 15.9. The summed E-state index contributed by atoms with van der Waals surface area (Å²) in [6.07, 6.45) is 8.37. The Hall–Kier alpha value is -0.940. The quantitative estimate of drug-likeness (QED) is 0.854. The molecule has 0 aromatic carbocycles. The van der Waals surface area contributed by atoms with Gasteiger partial charge in [0.2, 0.25) is 5.91 Å². The maximum absolute atomic E-state index is 12.5. The molecule has 3 heterocycles. The molecule has 4 nitrogen and oxygen atoms in total. The van der Waals surface area contributed by atoms with Gasteiger partial charge < -0.3 is 9.80 Å². The fourth-order valence-electron chi connectivity index (χ4n) is 4.02. The molecule has 1 aromatic heterocycles. The molecule has 2 atom stereocenters. The van der Waals surface area contributed by atoms with Crippen molar-refractivity contribution in [3.63, 3.8) is 0 Å². The number of carbonyl (C=O) groups is 1. The zero-order valence-electron chi connectivity index (χ0n) is 13.8. The molecule has 0 bridgehead atoms. The van der Waals surface area contributed by atoms with Crippen molar-refractivity contribution in [3.05, 3.63) is 16.6 Å². The summed E-state index contributed by atoms with van der Waals surface area (Å²) in [6.45, 7) is 7.65. The fraction of sp³-hybridized carbons (Fsp3) is 0.765. The Kier molecular flexibility index (Phi) is 4.83. The zero-order chi connectivity index (χ0) is 15.6. The van der Waals surface area contributed by atoms with Crippen LogP contribution >= 0.6 is 11.3 Å². The van der Waals surface area contributed by atoms with E-state index in [9.17, 15) is 4.79 Å². The van der Waals surface area contributed by atoms with Gasteiger partial charge in [0.1, 0.15) is 0 Å². The average molecular weight is 321 g/mol. The second-order valence-corrected chi connectivity index (χ2v) is 7.79. The molecule has 0 aliphatic carbocycles. The van der Waals surface area contributed by atoms with Crippen LogP contribution in [0.5, 0.6) is 0 Å². The number of nitrogens with zero attached hydrogens (tertiary/aromatic N) is 3. The first-order valence-corrected chi connectivity index (χ1v) is 9.44. The Balaban J connectivity index is 1.74. The molecule has 22 heavy (non-hydrogen) atoms. The van der Waals surface area contributed by atoms with E-state index in [1.807, 2.05) is 11.7 Å². The van der Waals surface area contributed by atoms with E-state index in [0.29, 0.717) is 11.9 Å². The van der Waals surface area contributed by atoms with E-state index < -0.39 is 0 Å². The Morgan fingerprint density at radius 1 is 1.36 bits per heavy atom. The van der Waals surface area contributed by atoms with Gasteiger partial charge >= 0.3 is 0 Å². The number of hydrogen-bond acceptors (Lipinski definition) is 4. The van der Waals surface area contributed by atoms with Crippen LogP contribution < -0.4 is 0 Å². The number of hydrogen-bond donors (Lipinski definition) is 0. The van der Waals surface area contributed by atoms with Crippen LogP contribution in [0.4, 0.5) is 0 Å². The van der Waals surface area contributed by atoms with Crippen molar-refractivity contribution in [2.75, 3.05) is 13.1 Å². The van der Waals surface area contributed by atoms with E-state index in [0.717, 1.165) is 38.8 Å². The summed E-state index contributed by atoms with van der Waals surface area (Å²) in [7, 11) is 0. The van der Waals surface area contributed by atoms with Crippen LogP contribution in [0.3, 0.4) is 0 Å². The van der Waals surface area contributed by atoms with Crippen LogP contribution in [0, 0.1) is 0 Å². The van der Waals surface area contributed by atoms with Gasteiger partial charge in [0, 0.05) is 35.6 Å². The van der Waals surface area contributed by atoms with Crippen LogP contribution in [0.25, 0.3) is 0 Å². The molecule has 1 aromatic rings. The predicted molar refractivity (Wildman–Crippen MR) is 89.8 cm³/mol. The minimum absolute atomic E-state index is 0.100. The lowest BCUT2D eigenvalue weighted by atomic mass is 9.87. The highest BCUT2D eigenvalue weighted by molar-refractivity contribution is 7.09. The van der Waals surface area contributed by atoms with Gasteiger partial charge in [-0.15, -0.1) is 11.3 Å². The van der Waals surface area contributed by atoms with E-state index in [1.54, 1.807) is 11.3 Å². The smallest absolute Gasteiger partial charge is 0.223 e. The molecule has 0 radical (unpaired) electrons. The van der Waals surface area contributed by atoms with Crippen LogP contribution in [0.1, 0.15) is 57.2 Å². The van der Waals surface area contributed by atoms with E-state index >= 15 is 0 Å². The maximum Gasteiger partial charge on any atom is 0.223 e. The number of carbonyl (C=O) groups excluding carboxylic acids is 1. The standard InChI is InChI=1S/C17H27N3OS/c1-3-14(2)19-9-4-6-17(8-10-19)7-5-16(21)20(17)12-15-11-18-13-22-15/h11,13-14H,3-10,12H2,1-2H3/t14-,17+/m1/s1. The summed E-state index contributed by atoms with van der Waals surface area (Å²) >= 11 is 1.66. The van der Waals surface area contributed by atoms with Crippen molar-refractivity contribution in [1.29, 1.82) is 0 Å². The van der Waals surface area contributed by atoms with E-state index in [1.165, 1.54) is 24.3 Å². The number of thiazole rings is 1. The monoisotopic (exact) mass is 321 g/mol. The predicted octanol–water partition coefficient (Wildman–Crippen LogP) is 3.29. The highest BCUT2D eigenvalue weighted by Crippen LogP contribution is 2.40. The summed E-state index contributed by atoms with van der Waals surface area (Å²) in [6, 6.07) is 0.655. The van der Waals surface area contributed by atoms with E-state index in [4.69, 9.17) is 0 Å². The van der Waals surface area contributed by atoms with Gasteiger partial charge in [-0.05, 0) is 45.6 Å². The molecule has 1 spiro atoms. The number of likely N-dealkylation sites (tertiary alicyclic amines) is 2. The third-order valence-corrected chi connectivity index (χ3v) is 6.41. The Morgan fingerprint density at radius 2 is 2.23 bits per heavy atom. The van der Waals surface area contributed by atoms with Gasteiger partial charge in [0.05, 0.1) is 12.1 Å². The topological polar surface area (TPSA) is 36.4 Å². The first-order valence-electron chi connectivity index (χ1n) is 8.56. The first-order chi connectivity index (χ1) is 10.6. The Labute approximate surface area is 137 Å². The van der Waals surface area contributed by atoms with Gasteiger partial charge in [-0.2, -0.15) is 0 Å². The van der Waals surface area contributed by atoms with Crippen LogP contribution in [-0.2, 0) is 11.3 Å². The summed E-state index contributed by atoms with van der Waals surface area (Å²) in [5.74, 6) is 0.338. The van der Waals surface area contributed by atoms with Gasteiger partial charge in [-0.1, -0.05) is 6.92 Å². The summed E-state index contributed by atoms with van der Waals surface area (Å²) in [5, 5.41) is 0. The van der Waals surface area contributed by atoms with E-state index in [2.05, 4.69) is 28.6 Å². The summed E-state index contributed by atoms with van der Waals surface area (Å²) in [4.78, 5) is 22.6.